The van der Waals surface area contributed by atoms with Gasteiger partial charge in [0.15, 0.2) is 11.5 Å². The van der Waals surface area contributed by atoms with Crippen LogP contribution < -0.4 is 9.47 Å². The fourth-order valence-electron chi connectivity index (χ4n) is 1.79. The summed E-state index contributed by atoms with van der Waals surface area (Å²) in [6.07, 6.45) is 0.318. The molecule has 0 aliphatic carbocycles. The lowest BCUT2D eigenvalue weighted by molar-refractivity contribution is -0.116. The van der Waals surface area contributed by atoms with Crippen molar-refractivity contribution < 1.29 is 14.3 Å². The van der Waals surface area contributed by atoms with Gasteiger partial charge in [0, 0.05) is 22.9 Å². The van der Waals surface area contributed by atoms with Crippen LogP contribution in [0.25, 0.3) is 0 Å². The van der Waals surface area contributed by atoms with Crippen molar-refractivity contribution in [3.8, 4) is 11.5 Å². The van der Waals surface area contributed by atoms with Crippen LogP contribution in [0.2, 0.25) is 5.02 Å². The Balaban J connectivity index is 2.32. The minimum absolute atomic E-state index is 0.0355. The van der Waals surface area contributed by atoms with Crippen molar-refractivity contribution >= 4 is 17.4 Å². The second kappa shape index (κ2) is 4.81. The molecule has 0 amide bonds. The molecule has 3 nitrogen and oxygen atoms in total. The molecule has 1 heterocycles. The zero-order valence-corrected chi connectivity index (χ0v) is 11.6. The van der Waals surface area contributed by atoms with E-state index in [4.69, 9.17) is 21.1 Å². The normalized spacial score (nSPS) is 17.1. The molecule has 2 rings (SSSR count). The Morgan fingerprint density at radius 3 is 2.39 bits per heavy atom. The Labute approximate surface area is 112 Å². The summed E-state index contributed by atoms with van der Waals surface area (Å²) < 4.78 is 11.5. The number of halogens is 1. The van der Waals surface area contributed by atoms with Crippen molar-refractivity contribution in [3.05, 3.63) is 22.7 Å². The van der Waals surface area contributed by atoms with Crippen LogP contribution in [0.5, 0.6) is 11.5 Å². The Morgan fingerprint density at radius 1 is 1.28 bits per heavy atom. The number of ketones is 1. The summed E-state index contributed by atoms with van der Waals surface area (Å²) in [7, 11) is 0. The molecule has 1 aliphatic heterocycles. The first-order valence-electron chi connectivity index (χ1n) is 5.95. The van der Waals surface area contributed by atoms with Crippen LogP contribution in [0.1, 0.15) is 26.3 Å². The number of benzene rings is 1. The molecule has 0 fully saturated rings. The Kier molecular flexibility index (Phi) is 3.53. The van der Waals surface area contributed by atoms with Gasteiger partial charge in [0.2, 0.25) is 0 Å². The van der Waals surface area contributed by atoms with Gasteiger partial charge in [-0.05, 0) is 18.6 Å². The molecule has 0 radical (unpaired) electrons. The third-order valence-electron chi connectivity index (χ3n) is 2.79. The van der Waals surface area contributed by atoms with E-state index in [0.29, 0.717) is 36.2 Å². The second-order valence-electron chi connectivity index (χ2n) is 5.51. The first-order chi connectivity index (χ1) is 8.37. The maximum Gasteiger partial charge on any atom is 0.162 e. The average molecular weight is 269 g/mol. The van der Waals surface area contributed by atoms with Crippen LogP contribution >= 0.6 is 11.6 Å². The number of hydrogen-bond donors (Lipinski definition) is 0. The molecular weight excluding hydrogens is 252 g/mol. The van der Waals surface area contributed by atoms with E-state index in [0.717, 1.165) is 5.56 Å². The summed E-state index contributed by atoms with van der Waals surface area (Å²) in [4.78, 5) is 11.2. The summed E-state index contributed by atoms with van der Waals surface area (Å²) in [5.74, 6) is 1.39. The Morgan fingerprint density at radius 2 is 1.83 bits per heavy atom. The highest BCUT2D eigenvalue weighted by Gasteiger charge is 2.26. The van der Waals surface area contributed by atoms with Crippen LogP contribution in [0.15, 0.2) is 12.1 Å². The van der Waals surface area contributed by atoms with E-state index in [2.05, 4.69) is 13.8 Å². The highest BCUT2D eigenvalue weighted by atomic mass is 35.5. The molecule has 0 saturated heterocycles. The third-order valence-corrected chi connectivity index (χ3v) is 3.14. The highest BCUT2D eigenvalue weighted by molar-refractivity contribution is 6.31. The summed E-state index contributed by atoms with van der Waals surface area (Å²) in [6.45, 7) is 6.87. The molecule has 0 saturated carbocycles. The monoisotopic (exact) mass is 268 g/mol. The fourth-order valence-corrected chi connectivity index (χ4v) is 2.01. The quantitative estimate of drug-likeness (QED) is 0.826. The van der Waals surface area contributed by atoms with Gasteiger partial charge in [-0.3, -0.25) is 4.79 Å². The average Bonchev–Trinajstić information content (AvgIpc) is 2.39. The van der Waals surface area contributed by atoms with Crippen LogP contribution in [-0.4, -0.2) is 19.0 Å². The molecule has 1 aliphatic rings. The van der Waals surface area contributed by atoms with Crippen LogP contribution in [0.3, 0.4) is 0 Å². The molecular formula is C14H17ClO3. The van der Waals surface area contributed by atoms with E-state index in [-0.39, 0.29) is 11.2 Å². The van der Waals surface area contributed by atoms with Crippen LogP contribution in [0, 0.1) is 5.41 Å². The molecule has 0 N–H and O–H groups in total. The summed E-state index contributed by atoms with van der Waals surface area (Å²) in [5, 5.41) is 0.548. The topological polar surface area (TPSA) is 35.5 Å². The second-order valence-corrected chi connectivity index (χ2v) is 5.92. The van der Waals surface area contributed by atoms with E-state index in [9.17, 15) is 4.79 Å². The molecule has 0 atom stereocenters. The van der Waals surface area contributed by atoms with Gasteiger partial charge in [-0.15, -0.1) is 0 Å². The molecule has 0 spiro atoms. The number of carbonyl (C=O) groups is 1. The van der Waals surface area contributed by atoms with Crippen LogP contribution in [0.4, 0.5) is 0 Å². The van der Waals surface area contributed by atoms with Crippen molar-refractivity contribution in [2.75, 3.05) is 13.2 Å². The van der Waals surface area contributed by atoms with E-state index >= 15 is 0 Å². The smallest absolute Gasteiger partial charge is 0.162 e. The molecule has 1 aromatic rings. The van der Waals surface area contributed by atoms with E-state index < -0.39 is 0 Å². The van der Waals surface area contributed by atoms with Crippen molar-refractivity contribution in [1.29, 1.82) is 0 Å². The predicted molar refractivity (Wildman–Crippen MR) is 70.6 cm³/mol. The summed E-state index contributed by atoms with van der Waals surface area (Å²) in [6, 6.07) is 3.54. The van der Waals surface area contributed by atoms with Gasteiger partial charge in [0.05, 0.1) is 13.2 Å². The maximum atomic E-state index is 11.2. The molecule has 98 valence electrons. The van der Waals surface area contributed by atoms with Crippen molar-refractivity contribution in [1.82, 2.24) is 0 Å². The van der Waals surface area contributed by atoms with Crippen molar-refractivity contribution in [2.45, 2.75) is 27.2 Å². The van der Waals surface area contributed by atoms with Crippen molar-refractivity contribution in [3.63, 3.8) is 0 Å². The third kappa shape index (κ3) is 2.96. The number of carbonyl (C=O) groups excluding carboxylic acids is 1. The van der Waals surface area contributed by atoms with Gasteiger partial charge in [-0.1, -0.05) is 25.4 Å². The number of fused-ring (bicyclic) bond motifs is 1. The van der Waals surface area contributed by atoms with Gasteiger partial charge in [-0.25, -0.2) is 0 Å². The lowest BCUT2D eigenvalue weighted by atomic mass is 9.97. The van der Waals surface area contributed by atoms with Gasteiger partial charge in [0.25, 0.3) is 0 Å². The molecule has 0 unspecified atom stereocenters. The van der Waals surface area contributed by atoms with Gasteiger partial charge in [0.1, 0.15) is 5.78 Å². The number of rotatable bonds is 2. The maximum absolute atomic E-state index is 11.2. The number of ether oxygens (including phenoxy) is 2. The Hall–Kier alpha value is -1.22. The van der Waals surface area contributed by atoms with Gasteiger partial charge >= 0.3 is 0 Å². The molecule has 0 aromatic heterocycles. The standard InChI is InChI=1S/C14H17ClO3/c1-9(16)4-10-5-12-13(6-11(10)15)18-8-14(2,3)7-17-12/h5-6H,4,7-8H2,1-3H3. The van der Waals surface area contributed by atoms with Crippen molar-refractivity contribution in [2.24, 2.45) is 5.41 Å². The minimum Gasteiger partial charge on any atom is -0.489 e. The number of hydrogen-bond acceptors (Lipinski definition) is 3. The highest BCUT2D eigenvalue weighted by Crippen LogP contribution is 2.37. The lowest BCUT2D eigenvalue weighted by Crippen LogP contribution is -2.26. The largest absolute Gasteiger partial charge is 0.489 e. The zero-order valence-electron chi connectivity index (χ0n) is 10.9. The SMILES string of the molecule is CC(=O)Cc1cc2c(cc1Cl)OCC(C)(C)CO2. The Bertz CT molecular complexity index is 480. The van der Waals surface area contributed by atoms with Gasteiger partial charge in [-0.2, -0.15) is 0 Å². The lowest BCUT2D eigenvalue weighted by Gasteiger charge is -2.19. The molecule has 1 aromatic carbocycles. The first-order valence-corrected chi connectivity index (χ1v) is 6.33. The van der Waals surface area contributed by atoms with E-state index in [1.807, 2.05) is 0 Å². The molecule has 18 heavy (non-hydrogen) atoms. The predicted octanol–water partition coefficient (Wildman–Crippen LogP) is 3.27. The molecule has 0 bridgehead atoms. The summed E-state index contributed by atoms with van der Waals surface area (Å²) in [5.41, 5.74) is 0.748. The van der Waals surface area contributed by atoms with E-state index in [1.54, 1.807) is 19.1 Å². The van der Waals surface area contributed by atoms with Crippen LogP contribution in [-0.2, 0) is 11.2 Å². The number of Topliss-reactive ketones (excluding diaryl/α,β-unsaturated/α-hetero) is 1. The van der Waals surface area contributed by atoms with E-state index in [1.165, 1.54) is 0 Å². The zero-order chi connectivity index (χ0) is 13.3. The minimum atomic E-state index is -0.0355. The fraction of sp³-hybridized carbons (Fsp3) is 0.500. The van der Waals surface area contributed by atoms with Gasteiger partial charge < -0.3 is 9.47 Å². The molecule has 4 heteroatoms. The summed E-state index contributed by atoms with van der Waals surface area (Å²) >= 11 is 6.14. The first kappa shape index (κ1) is 13.2.